The van der Waals surface area contributed by atoms with Gasteiger partial charge in [-0.1, -0.05) is 12.1 Å². The number of rotatable bonds is 2. The maximum absolute atomic E-state index is 12.4. The van der Waals surface area contributed by atoms with E-state index in [1.807, 2.05) is 0 Å². The Morgan fingerprint density at radius 2 is 1.68 bits per heavy atom. The minimum Gasteiger partial charge on any atom is -0.211 e. The topological polar surface area (TPSA) is 17.8 Å². The highest BCUT2D eigenvalue weighted by Crippen LogP contribution is 2.31. The zero-order valence-corrected chi connectivity index (χ0v) is 9.75. The molecule has 2 aromatic rings. The van der Waals surface area contributed by atoms with Gasteiger partial charge in [-0.15, -0.1) is 0 Å². The average Bonchev–Trinajstić information content (AvgIpc) is 2.70. The van der Waals surface area contributed by atoms with E-state index in [0.29, 0.717) is 21.5 Å². The van der Waals surface area contributed by atoms with Crippen molar-refractivity contribution in [2.45, 2.75) is 19.6 Å². The number of aryl methyl sites for hydroxylation is 1. The van der Waals surface area contributed by atoms with Gasteiger partial charge >= 0.3 is 12.7 Å². The second-order valence-corrected chi connectivity index (χ2v) is 3.96. The summed E-state index contributed by atoms with van der Waals surface area (Å²) in [7, 11) is 0. The van der Waals surface area contributed by atoms with Crippen molar-refractivity contribution in [3.63, 3.8) is 0 Å². The maximum atomic E-state index is 12.4. The highest BCUT2D eigenvalue weighted by Gasteiger charge is 2.30. The molecule has 2 nitrogen and oxygen atoms in total. The van der Waals surface area contributed by atoms with Gasteiger partial charge in [0.1, 0.15) is 0 Å². The molecule has 0 radical (unpaired) electrons. The van der Waals surface area contributed by atoms with Gasteiger partial charge in [0.05, 0.1) is 11.3 Å². The van der Waals surface area contributed by atoms with Crippen LogP contribution in [0.1, 0.15) is 17.8 Å². The van der Waals surface area contributed by atoms with E-state index in [0.717, 1.165) is 18.3 Å². The van der Waals surface area contributed by atoms with Gasteiger partial charge in [0, 0.05) is 11.8 Å². The van der Waals surface area contributed by atoms with E-state index in [2.05, 4.69) is 5.10 Å². The molecular weight excluding hydrogens is 267 g/mol. The monoisotopic (exact) mass is 276 g/mol. The van der Waals surface area contributed by atoms with E-state index < -0.39 is 18.3 Å². The van der Waals surface area contributed by atoms with Crippen LogP contribution in [-0.4, -0.2) is 9.78 Å². The smallest absolute Gasteiger partial charge is 0.211 e. The molecule has 0 atom stereocenters. The van der Waals surface area contributed by atoms with Crippen molar-refractivity contribution in [2.24, 2.45) is 0 Å². The first-order chi connectivity index (χ1) is 8.79. The number of alkyl halides is 5. The fraction of sp³-hybridized carbons (Fsp3) is 0.250. The highest BCUT2D eigenvalue weighted by molar-refractivity contribution is 5.65. The molecule has 0 saturated heterocycles. The molecule has 7 heteroatoms. The lowest BCUT2D eigenvalue weighted by molar-refractivity contribution is -0.137. The molecule has 0 saturated carbocycles. The molecule has 0 amide bonds. The summed E-state index contributed by atoms with van der Waals surface area (Å²) in [5, 5.41) is 3.60. The fourth-order valence-corrected chi connectivity index (χ4v) is 1.70. The van der Waals surface area contributed by atoms with Crippen molar-refractivity contribution < 1.29 is 22.0 Å². The van der Waals surface area contributed by atoms with Crippen LogP contribution in [0.4, 0.5) is 22.0 Å². The lowest BCUT2D eigenvalue weighted by Crippen LogP contribution is -2.03. The Labute approximate surface area is 105 Å². The second kappa shape index (κ2) is 4.64. The summed E-state index contributed by atoms with van der Waals surface area (Å²) >= 11 is 0. The summed E-state index contributed by atoms with van der Waals surface area (Å²) in [5.74, 6) is 0. The minimum absolute atomic E-state index is 0.333. The normalized spacial score (nSPS) is 12.2. The molecule has 2 rings (SSSR count). The van der Waals surface area contributed by atoms with Crippen LogP contribution in [0.5, 0.6) is 0 Å². The predicted octanol–water partition coefficient (Wildman–Crippen LogP) is 4.27. The molecule has 1 aromatic carbocycles. The van der Waals surface area contributed by atoms with Gasteiger partial charge in [0.25, 0.3) is 0 Å². The summed E-state index contributed by atoms with van der Waals surface area (Å²) in [6.07, 6.45) is -3.30. The summed E-state index contributed by atoms with van der Waals surface area (Å²) < 4.78 is 62.6. The quantitative estimate of drug-likeness (QED) is 0.749. The molecule has 1 aromatic heterocycles. The van der Waals surface area contributed by atoms with E-state index >= 15 is 0 Å². The second-order valence-electron chi connectivity index (χ2n) is 3.96. The minimum atomic E-state index is -4.42. The van der Waals surface area contributed by atoms with Crippen LogP contribution < -0.4 is 0 Å². The van der Waals surface area contributed by atoms with Crippen molar-refractivity contribution in [1.82, 2.24) is 9.78 Å². The van der Waals surface area contributed by atoms with Crippen LogP contribution in [0, 0.1) is 6.92 Å². The summed E-state index contributed by atoms with van der Waals surface area (Å²) in [6.45, 7) is -1.26. The number of hydrogen-bond acceptors (Lipinski definition) is 1. The van der Waals surface area contributed by atoms with Gasteiger partial charge in [0.2, 0.25) is 0 Å². The number of aromatic nitrogens is 2. The Balaban J connectivity index is 2.37. The number of hydrogen-bond donors (Lipinski definition) is 0. The van der Waals surface area contributed by atoms with Crippen LogP contribution in [0.3, 0.4) is 0 Å². The third-order valence-corrected chi connectivity index (χ3v) is 2.64. The molecule has 0 N–H and O–H groups in total. The summed E-state index contributed by atoms with van der Waals surface area (Å²) in [5.41, 5.74) is 0.349. The van der Waals surface area contributed by atoms with Crippen molar-refractivity contribution in [3.8, 4) is 11.1 Å². The lowest BCUT2D eigenvalue weighted by atomic mass is 10.0. The van der Waals surface area contributed by atoms with Crippen LogP contribution in [0.25, 0.3) is 11.1 Å². The Hall–Kier alpha value is -1.92. The van der Waals surface area contributed by atoms with E-state index in [-0.39, 0.29) is 0 Å². The maximum Gasteiger partial charge on any atom is 0.416 e. The van der Waals surface area contributed by atoms with Crippen LogP contribution in [0.15, 0.2) is 30.5 Å². The zero-order valence-electron chi connectivity index (χ0n) is 9.75. The summed E-state index contributed by atoms with van der Waals surface area (Å²) in [4.78, 5) is 0. The van der Waals surface area contributed by atoms with Gasteiger partial charge in [0.15, 0.2) is 0 Å². The molecule has 0 spiro atoms. The van der Waals surface area contributed by atoms with Crippen molar-refractivity contribution in [3.05, 3.63) is 41.7 Å². The molecule has 0 aliphatic heterocycles. The molecule has 0 aliphatic rings. The number of halogens is 5. The zero-order chi connectivity index (χ0) is 14.2. The van der Waals surface area contributed by atoms with Gasteiger partial charge < -0.3 is 0 Å². The third-order valence-electron chi connectivity index (χ3n) is 2.64. The third kappa shape index (κ3) is 2.74. The van der Waals surface area contributed by atoms with Crippen LogP contribution >= 0.6 is 0 Å². The van der Waals surface area contributed by atoms with E-state index in [1.54, 1.807) is 0 Å². The van der Waals surface area contributed by atoms with E-state index in [4.69, 9.17) is 0 Å². The molecule has 0 fully saturated rings. The Morgan fingerprint density at radius 3 is 2.11 bits per heavy atom. The Kier molecular flexibility index (Phi) is 3.30. The Bertz CT molecular complexity index is 569. The molecule has 0 unspecified atom stereocenters. The van der Waals surface area contributed by atoms with Gasteiger partial charge in [-0.25, -0.2) is 4.68 Å². The van der Waals surface area contributed by atoms with Gasteiger partial charge in [-0.3, -0.25) is 0 Å². The fourth-order valence-electron chi connectivity index (χ4n) is 1.70. The number of nitrogens with zero attached hydrogens (tertiary/aromatic N) is 2. The highest BCUT2D eigenvalue weighted by atomic mass is 19.4. The largest absolute Gasteiger partial charge is 0.416 e. The van der Waals surface area contributed by atoms with Crippen LogP contribution in [-0.2, 0) is 6.18 Å². The standard InChI is InChI=1S/C12H9F5N2/c1-7-10(6-19(18-7)11(13)14)8-2-4-9(5-3-8)12(15,16)17/h2-6,11H,1H3. The Morgan fingerprint density at radius 1 is 1.11 bits per heavy atom. The number of benzene rings is 1. The molecule has 19 heavy (non-hydrogen) atoms. The lowest BCUT2D eigenvalue weighted by Gasteiger charge is -2.07. The molecule has 0 aliphatic carbocycles. The summed E-state index contributed by atoms with van der Waals surface area (Å²) in [6, 6.07) is 4.30. The SMILES string of the molecule is Cc1nn(C(F)F)cc1-c1ccc(C(F)(F)F)cc1. The van der Waals surface area contributed by atoms with Gasteiger partial charge in [-0.2, -0.15) is 27.1 Å². The van der Waals surface area contributed by atoms with Crippen LogP contribution in [0.2, 0.25) is 0 Å². The van der Waals surface area contributed by atoms with Crippen molar-refractivity contribution in [1.29, 1.82) is 0 Å². The first-order valence-corrected chi connectivity index (χ1v) is 5.30. The molecule has 102 valence electrons. The molecular formula is C12H9F5N2. The van der Waals surface area contributed by atoms with Crippen molar-refractivity contribution in [2.75, 3.05) is 0 Å². The van der Waals surface area contributed by atoms with E-state index in [9.17, 15) is 22.0 Å². The van der Waals surface area contributed by atoms with Crippen molar-refractivity contribution >= 4 is 0 Å². The predicted molar refractivity (Wildman–Crippen MR) is 58.7 cm³/mol. The first kappa shape index (κ1) is 13.5. The average molecular weight is 276 g/mol. The van der Waals surface area contributed by atoms with Gasteiger partial charge in [-0.05, 0) is 24.6 Å². The molecule has 0 bridgehead atoms. The molecule has 1 heterocycles. The van der Waals surface area contributed by atoms with E-state index in [1.165, 1.54) is 19.1 Å². The first-order valence-electron chi connectivity index (χ1n) is 5.30.